The zero-order chi connectivity index (χ0) is 17.9. The molecule has 1 N–H and O–H groups in total. The summed E-state index contributed by atoms with van der Waals surface area (Å²) in [4.78, 5) is 22.0. The van der Waals surface area contributed by atoms with E-state index >= 15 is 0 Å². The minimum absolute atomic E-state index is 0.0278. The Morgan fingerprint density at radius 1 is 1.19 bits per heavy atom. The number of H-pyrrole nitrogens is 1. The van der Waals surface area contributed by atoms with Crippen molar-refractivity contribution in [3.05, 3.63) is 54.5 Å². The Hall–Kier alpha value is -3.02. The molecule has 6 heteroatoms. The largest absolute Gasteiger partial charge is 0.497 e. The van der Waals surface area contributed by atoms with Crippen LogP contribution in [0.4, 0.5) is 0 Å². The van der Waals surface area contributed by atoms with Crippen molar-refractivity contribution in [3.8, 4) is 11.5 Å². The smallest absolute Gasteiger partial charge is 0.270 e. The van der Waals surface area contributed by atoms with Gasteiger partial charge in [0.15, 0.2) is 0 Å². The summed E-state index contributed by atoms with van der Waals surface area (Å²) in [5.41, 5.74) is 1.52. The Labute approximate surface area is 151 Å². The number of likely N-dealkylation sites (tertiary alicyclic amines) is 1. The van der Waals surface area contributed by atoms with Gasteiger partial charge in [0.25, 0.3) is 5.91 Å². The van der Waals surface area contributed by atoms with Gasteiger partial charge in [0.1, 0.15) is 23.3 Å². The molecule has 3 aromatic rings. The lowest BCUT2D eigenvalue weighted by Gasteiger charge is -2.31. The minimum atomic E-state index is 0.0278. The van der Waals surface area contributed by atoms with Gasteiger partial charge < -0.3 is 19.4 Å². The number of aromatic nitrogens is 2. The summed E-state index contributed by atoms with van der Waals surface area (Å²) in [7, 11) is 1.63. The second kappa shape index (κ2) is 7.07. The number of carbonyl (C=O) groups is 1. The first-order valence-corrected chi connectivity index (χ1v) is 8.75. The average Bonchev–Trinajstić information content (AvgIpc) is 3.12. The highest BCUT2D eigenvalue weighted by Crippen LogP contribution is 2.23. The molecule has 0 saturated carbocycles. The average molecular weight is 351 g/mol. The lowest BCUT2D eigenvalue weighted by atomic mass is 10.1. The molecule has 0 aliphatic carbocycles. The predicted molar refractivity (Wildman–Crippen MR) is 98.6 cm³/mol. The standard InChI is InChI=1S/C20H21N3O3/c1-25-16-5-4-14-11-19(22-18(14)12-16)20(24)23-9-6-15(7-10-23)26-17-3-2-8-21-13-17/h2-5,8,11-13,15,22H,6-7,9-10H2,1H3. The van der Waals surface area contributed by atoms with Crippen molar-refractivity contribution in [3.63, 3.8) is 0 Å². The van der Waals surface area contributed by atoms with Crippen LogP contribution >= 0.6 is 0 Å². The van der Waals surface area contributed by atoms with Crippen molar-refractivity contribution in [2.75, 3.05) is 20.2 Å². The van der Waals surface area contributed by atoms with E-state index in [1.165, 1.54) is 0 Å². The highest BCUT2D eigenvalue weighted by Gasteiger charge is 2.25. The molecule has 1 aliphatic rings. The second-order valence-corrected chi connectivity index (χ2v) is 6.43. The Morgan fingerprint density at radius 3 is 2.77 bits per heavy atom. The molecule has 2 aromatic heterocycles. The molecule has 6 nitrogen and oxygen atoms in total. The van der Waals surface area contributed by atoms with Gasteiger partial charge in [-0.25, -0.2) is 0 Å². The minimum Gasteiger partial charge on any atom is -0.497 e. The van der Waals surface area contributed by atoms with E-state index in [2.05, 4.69) is 9.97 Å². The summed E-state index contributed by atoms with van der Waals surface area (Å²) in [5, 5.41) is 1.00. The van der Waals surface area contributed by atoms with E-state index < -0.39 is 0 Å². The maximum absolute atomic E-state index is 12.8. The molecule has 0 bridgehead atoms. The van der Waals surface area contributed by atoms with Crippen molar-refractivity contribution in [1.82, 2.24) is 14.9 Å². The van der Waals surface area contributed by atoms with Crippen molar-refractivity contribution in [1.29, 1.82) is 0 Å². The van der Waals surface area contributed by atoms with E-state index in [-0.39, 0.29) is 12.0 Å². The van der Waals surface area contributed by atoms with Crippen molar-refractivity contribution in [2.24, 2.45) is 0 Å². The summed E-state index contributed by atoms with van der Waals surface area (Å²) in [6, 6.07) is 11.4. The zero-order valence-electron chi connectivity index (χ0n) is 14.6. The Morgan fingerprint density at radius 2 is 2.04 bits per heavy atom. The summed E-state index contributed by atoms with van der Waals surface area (Å²) in [5.74, 6) is 1.58. The molecule has 0 spiro atoms. The van der Waals surface area contributed by atoms with Crippen LogP contribution < -0.4 is 9.47 Å². The molecule has 1 saturated heterocycles. The Kier molecular flexibility index (Phi) is 4.48. The third-order valence-electron chi connectivity index (χ3n) is 4.73. The molecule has 4 rings (SSSR count). The fourth-order valence-electron chi connectivity index (χ4n) is 3.30. The number of piperidine rings is 1. The Bertz CT molecular complexity index is 899. The van der Waals surface area contributed by atoms with Gasteiger partial charge in [0.2, 0.25) is 0 Å². The van der Waals surface area contributed by atoms with Crippen LogP contribution in [0.1, 0.15) is 23.3 Å². The first-order chi connectivity index (χ1) is 12.7. The number of nitrogens with zero attached hydrogens (tertiary/aromatic N) is 2. The molecule has 0 radical (unpaired) electrons. The van der Waals surface area contributed by atoms with E-state index in [4.69, 9.17) is 9.47 Å². The van der Waals surface area contributed by atoms with Gasteiger partial charge in [-0.3, -0.25) is 9.78 Å². The summed E-state index contributed by atoms with van der Waals surface area (Å²) >= 11 is 0. The number of ether oxygens (including phenoxy) is 2. The molecule has 26 heavy (non-hydrogen) atoms. The van der Waals surface area contributed by atoms with Crippen LogP contribution in [-0.4, -0.2) is 47.1 Å². The van der Waals surface area contributed by atoms with Crippen LogP contribution in [0.2, 0.25) is 0 Å². The number of carbonyl (C=O) groups excluding carboxylic acids is 1. The lowest BCUT2D eigenvalue weighted by molar-refractivity contribution is 0.0590. The summed E-state index contributed by atoms with van der Waals surface area (Å²) in [6.45, 7) is 1.37. The highest BCUT2D eigenvalue weighted by atomic mass is 16.5. The van der Waals surface area contributed by atoms with Gasteiger partial charge in [0, 0.05) is 49.1 Å². The number of fused-ring (bicyclic) bond motifs is 1. The number of benzene rings is 1. The van der Waals surface area contributed by atoms with Crippen molar-refractivity contribution >= 4 is 16.8 Å². The normalized spacial score (nSPS) is 15.2. The predicted octanol–water partition coefficient (Wildman–Crippen LogP) is 3.26. The molecule has 134 valence electrons. The third-order valence-corrected chi connectivity index (χ3v) is 4.73. The molecule has 1 amide bonds. The SMILES string of the molecule is COc1ccc2cc(C(=O)N3CCC(Oc4cccnc4)CC3)[nH]c2c1. The van der Waals surface area contributed by atoms with Crippen molar-refractivity contribution in [2.45, 2.75) is 18.9 Å². The molecular weight excluding hydrogens is 330 g/mol. The molecule has 1 fully saturated rings. The van der Waals surface area contributed by atoms with Gasteiger partial charge in [-0.2, -0.15) is 0 Å². The van der Waals surface area contributed by atoms with Crippen LogP contribution in [0.15, 0.2) is 48.8 Å². The summed E-state index contributed by atoms with van der Waals surface area (Å²) in [6.07, 6.45) is 5.19. The zero-order valence-corrected chi connectivity index (χ0v) is 14.6. The van der Waals surface area contributed by atoms with E-state index in [1.807, 2.05) is 41.3 Å². The van der Waals surface area contributed by atoms with E-state index in [1.54, 1.807) is 19.5 Å². The number of methoxy groups -OCH3 is 1. The number of aromatic amines is 1. The van der Waals surface area contributed by atoms with E-state index in [9.17, 15) is 4.79 Å². The molecule has 1 aliphatic heterocycles. The fraction of sp³-hybridized carbons (Fsp3) is 0.300. The molecule has 1 aromatic carbocycles. The number of amides is 1. The number of pyridine rings is 1. The summed E-state index contributed by atoms with van der Waals surface area (Å²) < 4.78 is 11.2. The second-order valence-electron chi connectivity index (χ2n) is 6.43. The van der Waals surface area contributed by atoms with Crippen LogP contribution in [0, 0.1) is 0 Å². The number of rotatable bonds is 4. The van der Waals surface area contributed by atoms with E-state index in [0.717, 1.165) is 35.2 Å². The molecular formula is C20H21N3O3. The van der Waals surface area contributed by atoms with Crippen LogP contribution in [0.5, 0.6) is 11.5 Å². The molecule has 3 heterocycles. The maximum Gasteiger partial charge on any atom is 0.270 e. The quantitative estimate of drug-likeness (QED) is 0.783. The van der Waals surface area contributed by atoms with Gasteiger partial charge in [-0.05, 0) is 30.3 Å². The van der Waals surface area contributed by atoms with Gasteiger partial charge in [-0.1, -0.05) is 0 Å². The first-order valence-electron chi connectivity index (χ1n) is 8.75. The first kappa shape index (κ1) is 16.4. The monoisotopic (exact) mass is 351 g/mol. The fourth-order valence-corrected chi connectivity index (χ4v) is 3.30. The van der Waals surface area contributed by atoms with Gasteiger partial charge >= 0.3 is 0 Å². The van der Waals surface area contributed by atoms with Gasteiger partial charge in [0.05, 0.1) is 13.3 Å². The van der Waals surface area contributed by atoms with Gasteiger partial charge in [-0.15, -0.1) is 0 Å². The lowest BCUT2D eigenvalue weighted by Crippen LogP contribution is -2.41. The molecule has 0 atom stereocenters. The molecule has 0 unspecified atom stereocenters. The number of nitrogens with one attached hydrogen (secondary N) is 1. The Balaban J connectivity index is 1.40. The highest BCUT2D eigenvalue weighted by molar-refractivity contribution is 5.98. The number of hydrogen-bond donors (Lipinski definition) is 1. The third kappa shape index (κ3) is 3.35. The maximum atomic E-state index is 12.8. The van der Waals surface area contributed by atoms with E-state index in [0.29, 0.717) is 18.8 Å². The topological polar surface area (TPSA) is 67.4 Å². The van der Waals surface area contributed by atoms with Crippen LogP contribution in [-0.2, 0) is 0 Å². The van der Waals surface area contributed by atoms with Crippen molar-refractivity contribution < 1.29 is 14.3 Å². The van der Waals surface area contributed by atoms with Crippen LogP contribution in [0.3, 0.4) is 0 Å². The number of hydrogen-bond acceptors (Lipinski definition) is 4. The van der Waals surface area contributed by atoms with Crippen LogP contribution in [0.25, 0.3) is 10.9 Å².